The Morgan fingerprint density at radius 3 is 2.19 bits per heavy atom. The molecule has 0 aliphatic rings. The maximum absolute atomic E-state index is 12.2. The molecule has 0 bridgehead atoms. The average Bonchev–Trinajstić information content (AvgIpc) is 2.13. The van der Waals surface area contributed by atoms with Crippen LogP contribution in [0.4, 0.5) is 13.2 Å². The Kier molecular flexibility index (Phi) is 5.26. The van der Waals surface area contributed by atoms with E-state index in [0.717, 1.165) is 21.0 Å². The molecule has 7 heteroatoms. The van der Waals surface area contributed by atoms with Crippen LogP contribution in [0, 0.1) is 5.92 Å². The largest absolute Gasteiger partial charge is 0.467 e. The predicted octanol–water partition coefficient (Wildman–Crippen LogP) is 1.25. The molecular formula is C9H14F3NO3. The standard InChI is InChI=1S/C9H14F3NO3/c1-5(9(10,11)12)4-7(8(15)16-3)13-6(2)14/h5,7H,4H2,1-3H3,(H,13,14)/t5-,7-/m1/s1. The summed E-state index contributed by atoms with van der Waals surface area (Å²) in [5.74, 6) is -3.15. The third-order valence-electron chi connectivity index (χ3n) is 2.01. The van der Waals surface area contributed by atoms with E-state index < -0.39 is 36.4 Å². The van der Waals surface area contributed by atoms with Crippen LogP contribution in [0.15, 0.2) is 0 Å². The lowest BCUT2D eigenvalue weighted by atomic mass is 10.0. The zero-order chi connectivity index (χ0) is 12.9. The van der Waals surface area contributed by atoms with Gasteiger partial charge in [-0.05, 0) is 6.42 Å². The molecule has 0 aromatic heterocycles. The minimum Gasteiger partial charge on any atom is -0.467 e. The van der Waals surface area contributed by atoms with Crippen LogP contribution in [0.3, 0.4) is 0 Å². The minimum atomic E-state index is -4.40. The number of amides is 1. The Bertz CT molecular complexity index is 265. The number of halogens is 3. The van der Waals surface area contributed by atoms with Crippen LogP contribution in [0.1, 0.15) is 20.3 Å². The second kappa shape index (κ2) is 5.72. The second-order valence-electron chi connectivity index (χ2n) is 3.45. The highest BCUT2D eigenvalue weighted by Crippen LogP contribution is 2.29. The van der Waals surface area contributed by atoms with Gasteiger partial charge in [0.05, 0.1) is 13.0 Å². The monoisotopic (exact) mass is 241 g/mol. The molecule has 0 unspecified atom stereocenters. The van der Waals surface area contributed by atoms with E-state index in [2.05, 4.69) is 10.1 Å². The number of carbonyl (C=O) groups is 2. The number of carbonyl (C=O) groups excluding carboxylic acids is 2. The summed E-state index contributed by atoms with van der Waals surface area (Å²) in [6.45, 7) is 2.06. The van der Waals surface area contributed by atoms with Crippen LogP contribution in [-0.2, 0) is 14.3 Å². The fourth-order valence-electron chi connectivity index (χ4n) is 1.09. The smallest absolute Gasteiger partial charge is 0.391 e. The first kappa shape index (κ1) is 14.7. The molecule has 4 nitrogen and oxygen atoms in total. The molecule has 0 fully saturated rings. The van der Waals surface area contributed by atoms with Crippen molar-refractivity contribution in [2.45, 2.75) is 32.5 Å². The van der Waals surface area contributed by atoms with E-state index in [0.29, 0.717) is 0 Å². The maximum Gasteiger partial charge on any atom is 0.391 e. The van der Waals surface area contributed by atoms with Gasteiger partial charge in [0, 0.05) is 6.92 Å². The first-order valence-corrected chi connectivity index (χ1v) is 4.60. The van der Waals surface area contributed by atoms with Gasteiger partial charge in [-0.2, -0.15) is 13.2 Å². The van der Waals surface area contributed by atoms with Crippen LogP contribution in [-0.4, -0.2) is 31.2 Å². The van der Waals surface area contributed by atoms with Gasteiger partial charge >= 0.3 is 12.1 Å². The van der Waals surface area contributed by atoms with Crippen LogP contribution in [0.5, 0.6) is 0 Å². The molecule has 16 heavy (non-hydrogen) atoms. The summed E-state index contributed by atoms with van der Waals surface area (Å²) < 4.78 is 41.1. The van der Waals surface area contributed by atoms with Gasteiger partial charge in [-0.1, -0.05) is 6.92 Å². The van der Waals surface area contributed by atoms with Gasteiger partial charge in [-0.15, -0.1) is 0 Å². The summed E-state index contributed by atoms with van der Waals surface area (Å²) in [5, 5.41) is 2.12. The Morgan fingerprint density at radius 1 is 1.38 bits per heavy atom. The van der Waals surface area contributed by atoms with E-state index in [-0.39, 0.29) is 0 Å². The van der Waals surface area contributed by atoms with E-state index in [4.69, 9.17) is 0 Å². The van der Waals surface area contributed by atoms with Crippen molar-refractivity contribution in [3.05, 3.63) is 0 Å². The lowest BCUT2D eigenvalue weighted by Crippen LogP contribution is -2.43. The molecule has 0 aromatic carbocycles. The zero-order valence-corrected chi connectivity index (χ0v) is 9.22. The fourth-order valence-corrected chi connectivity index (χ4v) is 1.09. The molecule has 0 saturated carbocycles. The topological polar surface area (TPSA) is 55.4 Å². The molecule has 2 atom stereocenters. The quantitative estimate of drug-likeness (QED) is 0.754. The van der Waals surface area contributed by atoms with Crippen LogP contribution in [0.25, 0.3) is 0 Å². The number of hydrogen-bond acceptors (Lipinski definition) is 3. The van der Waals surface area contributed by atoms with Gasteiger partial charge in [-0.3, -0.25) is 4.79 Å². The summed E-state index contributed by atoms with van der Waals surface area (Å²) >= 11 is 0. The average molecular weight is 241 g/mol. The van der Waals surface area contributed by atoms with Crippen molar-refractivity contribution in [1.82, 2.24) is 5.32 Å². The number of rotatable bonds is 4. The fraction of sp³-hybridized carbons (Fsp3) is 0.778. The van der Waals surface area contributed by atoms with Crippen LogP contribution < -0.4 is 5.32 Å². The first-order chi connectivity index (χ1) is 7.18. The van der Waals surface area contributed by atoms with E-state index in [1.807, 2.05) is 0 Å². The molecular weight excluding hydrogens is 227 g/mol. The molecule has 0 aliphatic heterocycles. The number of ether oxygens (including phenoxy) is 1. The maximum atomic E-state index is 12.2. The summed E-state index contributed by atoms with van der Waals surface area (Å²) in [7, 11) is 1.05. The van der Waals surface area contributed by atoms with E-state index in [1.54, 1.807) is 0 Å². The summed E-state index contributed by atoms with van der Waals surface area (Å²) in [4.78, 5) is 21.8. The van der Waals surface area contributed by atoms with E-state index in [9.17, 15) is 22.8 Å². The second-order valence-corrected chi connectivity index (χ2v) is 3.45. The van der Waals surface area contributed by atoms with Gasteiger partial charge in [0.15, 0.2) is 0 Å². The Labute approximate surface area is 91.1 Å². The normalized spacial score (nSPS) is 15.1. The summed E-state index contributed by atoms with van der Waals surface area (Å²) in [5.41, 5.74) is 0. The Hall–Kier alpha value is -1.27. The van der Waals surface area contributed by atoms with Crippen molar-refractivity contribution in [3.63, 3.8) is 0 Å². The summed E-state index contributed by atoms with van der Waals surface area (Å²) in [6.07, 6.45) is -4.93. The summed E-state index contributed by atoms with van der Waals surface area (Å²) in [6, 6.07) is -1.26. The van der Waals surface area contributed by atoms with Gasteiger partial charge in [0.1, 0.15) is 6.04 Å². The first-order valence-electron chi connectivity index (χ1n) is 4.60. The molecule has 0 rings (SSSR count). The molecule has 1 amide bonds. The highest BCUT2D eigenvalue weighted by atomic mass is 19.4. The molecule has 0 aliphatic carbocycles. The van der Waals surface area contributed by atoms with Crippen molar-refractivity contribution in [1.29, 1.82) is 0 Å². The van der Waals surface area contributed by atoms with Gasteiger partial charge in [0.2, 0.25) is 5.91 Å². The number of nitrogens with one attached hydrogen (secondary N) is 1. The van der Waals surface area contributed by atoms with Gasteiger partial charge in [-0.25, -0.2) is 4.79 Å². The highest BCUT2D eigenvalue weighted by Gasteiger charge is 2.39. The Balaban J connectivity index is 4.55. The molecule has 1 N–H and O–H groups in total. The molecule has 0 aromatic rings. The SMILES string of the molecule is COC(=O)[C@@H](C[C@@H](C)C(F)(F)F)NC(C)=O. The molecule has 0 spiro atoms. The van der Waals surface area contributed by atoms with Crippen molar-refractivity contribution < 1.29 is 27.5 Å². The van der Waals surface area contributed by atoms with Crippen molar-refractivity contribution in [2.75, 3.05) is 7.11 Å². The minimum absolute atomic E-state index is 0.532. The van der Waals surface area contributed by atoms with Crippen molar-refractivity contribution in [3.8, 4) is 0 Å². The number of methoxy groups -OCH3 is 1. The van der Waals surface area contributed by atoms with Gasteiger partial charge in [0.25, 0.3) is 0 Å². The van der Waals surface area contributed by atoms with E-state index >= 15 is 0 Å². The number of esters is 1. The van der Waals surface area contributed by atoms with Crippen molar-refractivity contribution >= 4 is 11.9 Å². The van der Waals surface area contributed by atoms with Crippen LogP contribution >= 0.6 is 0 Å². The van der Waals surface area contributed by atoms with Crippen LogP contribution in [0.2, 0.25) is 0 Å². The third-order valence-corrected chi connectivity index (χ3v) is 2.01. The lowest BCUT2D eigenvalue weighted by molar-refractivity contribution is -0.175. The van der Waals surface area contributed by atoms with Crippen molar-refractivity contribution in [2.24, 2.45) is 5.92 Å². The number of alkyl halides is 3. The molecule has 0 radical (unpaired) electrons. The van der Waals surface area contributed by atoms with Gasteiger partial charge < -0.3 is 10.1 Å². The van der Waals surface area contributed by atoms with E-state index in [1.165, 1.54) is 0 Å². The molecule has 94 valence electrons. The Morgan fingerprint density at radius 2 is 1.88 bits per heavy atom. The molecule has 0 saturated heterocycles. The zero-order valence-electron chi connectivity index (χ0n) is 9.22. The third kappa shape index (κ3) is 4.99. The molecule has 0 heterocycles. The number of hydrogen-bond donors (Lipinski definition) is 1. The lowest BCUT2D eigenvalue weighted by Gasteiger charge is -2.21. The predicted molar refractivity (Wildman–Crippen MR) is 49.5 cm³/mol. The highest BCUT2D eigenvalue weighted by molar-refractivity contribution is 5.83.